The van der Waals surface area contributed by atoms with Crippen molar-refractivity contribution in [2.24, 2.45) is 5.41 Å². The van der Waals surface area contributed by atoms with Gasteiger partial charge in [-0.3, -0.25) is 4.79 Å². The van der Waals surface area contributed by atoms with Crippen LogP contribution in [0.3, 0.4) is 0 Å². The van der Waals surface area contributed by atoms with E-state index in [9.17, 15) is 9.59 Å². The van der Waals surface area contributed by atoms with Crippen LogP contribution in [0.1, 0.15) is 55.6 Å². The van der Waals surface area contributed by atoms with Crippen molar-refractivity contribution in [3.8, 4) is 10.4 Å². The molecule has 25 heavy (non-hydrogen) atoms. The van der Waals surface area contributed by atoms with E-state index in [4.69, 9.17) is 4.74 Å². The number of carbonyl (C=O) groups excluding carboxylic acids is 2. The second kappa shape index (κ2) is 6.64. The SMILES string of the molecule is CCOC(=O)c1c(NC(=O)CC(C)(C)C)sc2c1Cc1ccccc1-2. The average molecular weight is 357 g/mol. The number of ether oxygens (including phenoxy) is 1. The average Bonchev–Trinajstić information content (AvgIpc) is 3.00. The predicted molar refractivity (Wildman–Crippen MR) is 101 cm³/mol. The number of rotatable bonds is 4. The lowest BCUT2D eigenvalue weighted by molar-refractivity contribution is -0.117. The summed E-state index contributed by atoms with van der Waals surface area (Å²) in [4.78, 5) is 26.0. The number of anilines is 1. The normalized spacial score (nSPS) is 12.5. The van der Waals surface area contributed by atoms with Crippen LogP contribution in [0.2, 0.25) is 0 Å². The maximum absolute atomic E-state index is 12.5. The zero-order valence-corrected chi connectivity index (χ0v) is 15.9. The molecule has 1 aromatic heterocycles. The fourth-order valence-corrected chi connectivity index (χ4v) is 4.38. The highest BCUT2D eigenvalue weighted by Crippen LogP contribution is 2.47. The molecule has 0 spiro atoms. The first kappa shape index (κ1) is 17.7. The van der Waals surface area contributed by atoms with Crippen LogP contribution in [0.25, 0.3) is 10.4 Å². The first-order chi connectivity index (χ1) is 11.8. The summed E-state index contributed by atoms with van der Waals surface area (Å²) in [5, 5.41) is 3.55. The highest BCUT2D eigenvalue weighted by atomic mass is 32.1. The summed E-state index contributed by atoms with van der Waals surface area (Å²) in [6.45, 7) is 8.15. The van der Waals surface area contributed by atoms with Gasteiger partial charge in [0.15, 0.2) is 0 Å². The Balaban J connectivity index is 1.99. The summed E-state index contributed by atoms with van der Waals surface area (Å²) in [6.07, 6.45) is 1.10. The van der Waals surface area contributed by atoms with Gasteiger partial charge in [-0.05, 0) is 29.0 Å². The summed E-state index contributed by atoms with van der Waals surface area (Å²) < 4.78 is 5.25. The minimum Gasteiger partial charge on any atom is -0.462 e. The van der Waals surface area contributed by atoms with Crippen LogP contribution in [0.15, 0.2) is 24.3 Å². The molecule has 0 bridgehead atoms. The van der Waals surface area contributed by atoms with Gasteiger partial charge in [-0.25, -0.2) is 4.79 Å². The lowest BCUT2D eigenvalue weighted by Gasteiger charge is -2.17. The highest BCUT2D eigenvalue weighted by Gasteiger charge is 2.31. The zero-order valence-electron chi connectivity index (χ0n) is 15.1. The number of thiophene rings is 1. The lowest BCUT2D eigenvalue weighted by Crippen LogP contribution is -2.20. The van der Waals surface area contributed by atoms with Crippen molar-refractivity contribution in [3.05, 3.63) is 41.0 Å². The van der Waals surface area contributed by atoms with Crippen molar-refractivity contribution < 1.29 is 14.3 Å². The van der Waals surface area contributed by atoms with Crippen LogP contribution in [0.4, 0.5) is 5.00 Å². The van der Waals surface area contributed by atoms with E-state index in [1.165, 1.54) is 16.9 Å². The van der Waals surface area contributed by atoms with Gasteiger partial charge < -0.3 is 10.1 Å². The quantitative estimate of drug-likeness (QED) is 0.678. The Hall–Kier alpha value is -2.14. The molecule has 0 unspecified atom stereocenters. The van der Waals surface area contributed by atoms with Gasteiger partial charge in [0.25, 0.3) is 0 Å². The molecule has 0 saturated heterocycles. The molecule has 132 valence electrons. The third-order valence-electron chi connectivity index (χ3n) is 4.06. The maximum atomic E-state index is 12.5. The number of carbonyl (C=O) groups is 2. The molecule has 0 fully saturated rings. The van der Waals surface area contributed by atoms with Gasteiger partial charge in [0.2, 0.25) is 5.91 Å². The molecule has 1 heterocycles. The second-order valence-corrected chi connectivity index (χ2v) is 8.47. The molecule has 0 aliphatic heterocycles. The Kier molecular flexibility index (Phi) is 4.69. The molecular formula is C20H23NO3S. The Bertz CT molecular complexity index is 830. The smallest absolute Gasteiger partial charge is 0.341 e. The molecule has 0 radical (unpaired) electrons. The Morgan fingerprint density at radius 1 is 1.24 bits per heavy atom. The number of nitrogens with one attached hydrogen (secondary N) is 1. The standard InChI is InChI=1S/C20H23NO3S/c1-5-24-19(23)16-14-10-12-8-6-7-9-13(12)17(14)25-18(16)21-15(22)11-20(2,3)4/h6-9H,5,10-11H2,1-4H3,(H,21,22). The van der Waals surface area contributed by atoms with Gasteiger partial charge in [0, 0.05) is 17.7 Å². The van der Waals surface area contributed by atoms with Crippen LogP contribution in [0.5, 0.6) is 0 Å². The Morgan fingerprint density at radius 3 is 2.64 bits per heavy atom. The summed E-state index contributed by atoms with van der Waals surface area (Å²) >= 11 is 1.47. The first-order valence-electron chi connectivity index (χ1n) is 8.51. The minimum atomic E-state index is -0.362. The van der Waals surface area contributed by atoms with Gasteiger partial charge in [0.1, 0.15) is 5.00 Å². The molecule has 1 aliphatic carbocycles. The van der Waals surface area contributed by atoms with E-state index in [1.54, 1.807) is 6.92 Å². The topological polar surface area (TPSA) is 55.4 Å². The van der Waals surface area contributed by atoms with Crippen molar-refractivity contribution in [3.63, 3.8) is 0 Å². The number of benzene rings is 1. The largest absolute Gasteiger partial charge is 0.462 e. The van der Waals surface area contributed by atoms with Gasteiger partial charge in [-0.15, -0.1) is 11.3 Å². The van der Waals surface area contributed by atoms with Crippen LogP contribution in [-0.2, 0) is 16.0 Å². The van der Waals surface area contributed by atoms with Gasteiger partial charge in [0.05, 0.1) is 12.2 Å². The molecule has 1 aliphatic rings. The number of esters is 1. The maximum Gasteiger partial charge on any atom is 0.341 e. The summed E-state index contributed by atoms with van der Waals surface area (Å²) in [6, 6.07) is 8.14. The van der Waals surface area contributed by atoms with E-state index in [0.29, 0.717) is 30.0 Å². The third kappa shape index (κ3) is 3.61. The van der Waals surface area contributed by atoms with Crippen molar-refractivity contribution in [1.82, 2.24) is 0 Å². The van der Waals surface area contributed by atoms with E-state index in [0.717, 1.165) is 16.0 Å². The minimum absolute atomic E-state index is 0.0775. The van der Waals surface area contributed by atoms with Crippen LogP contribution in [0, 0.1) is 5.41 Å². The van der Waals surface area contributed by atoms with E-state index in [2.05, 4.69) is 17.4 Å². The lowest BCUT2D eigenvalue weighted by atomic mass is 9.92. The molecule has 3 rings (SSSR count). The molecule has 1 N–H and O–H groups in total. The summed E-state index contributed by atoms with van der Waals surface area (Å²) in [5.41, 5.74) is 3.73. The van der Waals surface area contributed by atoms with E-state index in [-0.39, 0.29) is 17.3 Å². The van der Waals surface area contributed by atoms with Crippen molar-refractivity contribution in [2.45, 2.75) is 40.5 Å². The number of amides is 1. The highest BCUT2D eigenvalue weighted by molar-refractivity contribution is 7.20. The molecule has 5 heteroatoms. The summed E-state index contributed by atoms with van der Waals surface area (Å²) in [7, 11) is 0. The number of hydrogen-bond acceptors (Lipinski definition) is 4. The fraction of sp³-hybridized carbons (Fsp3) is 0.400. The van der Waals surface area contributed by atoms with Crippen molar-refractivity contribution in [1.29, 1.82) is 0 Å². The molecule has 0 atom stereocenters. The van der Waals surface area contributed by atoms with Gasteiger partial charge >= 0.3 is 5.97 Å². The monoisotopic (exact) mass is 357 g/mol. The van der Waals surface area contributed by atoms with Crippen LogP contribution >= 0.6 is 11.3 Å². The molecule has 4 nitrogen and oxygen atoms in total. The second-order valence-electron chi connectivity index (χ2n) is 7.45. The Morgan fingerprint density at radius 2 is 1.96 bits per heavy atom. The van der Waals surface area contributed by atoms with Crippen LogP contribution in [-0.4, -0.2) is 18.5 Å². The molecule has 2 aromatic rings. The zero-order chi connectivity index (χ0) is 18.2. The van der Waals surface area contributed by atoms with Crippen molar-refractivity contribution in [2.75, 3.05) is 11.9 Å². The fourth-order valence-electron chi connectivity index (χ4n) is 3.10. The Labute approximate surface area is 152 Å². The van der Waals surface area contributed by atoms with Crippen molar-refractivity contribution >= 4 is 28.2 Å². The third-order valence-corrected chi connectivity index (χ3v) is 5.24. The number of fused-ring (bicyclic) bond motifs is 3. The van der Waals surface area contributed by atoms with Gasteiger partial charge in [-0.2, -0.15) is 0 Å². The van der Waals surface area contributed by atoms with E-state index < -0.39 is 0 Å². The molecule has 1 amide bonds. The van der Waals surface area contributed by atoms with E-state index >= 15 is 0 Å². The molecular weight excluding hydrogens is 334 g/mol. The molecule has 1 aromatic carbocycles. The molecule has 0 saturated carbocycles. The van der Waals surface area contributed by atoms with E-state index in [1.807, 2.05) is 32.9 Å². The van der Waals surface area contributed by atoms with Gasteiger partial charge in [-0.1, -0.05) is 45.0 Å². The number of hydrogen-bond donors (Lipinski definition) is 1. The predicted octanol–water partition coefficient (Wildman–Crippen LogP) is 4.87. The first-order valence-corrected chi connectivity index (χ1v) is 9.32. The summed E-state index contributed by atoms with van der Waals surface area (Å²) in [5.74, 6) is -0.440. The van der Waals surface area contributed by atoms with Crippen LogP contribution < -0.4 is 5.32 Å².